The van der Waals surface area contributed by atoms with Crippen molar-refractivity contribution in [2.75, 3.05) is 13.2 Å². The average Bonchev–Trinajstić information content (AvgIpc) is 3.17. The van der Waals surface area contributed by atoms with Crippen LogP contribution < -0.4 is 19.6 Å². The molecule has 0 radical (unpaired) electrons. The van der Waals surface area contributed by atoms with Crippen molar-refractivity contribution in [2.24, 2.45) is 0 Å². The highest BCUT2D eigenvalue weighted by Crippen LogP contribution is 2.37. The Labute approximate surface area is 173 Å². The molecular weight excluding hydrogens is 416 g/mol. The zero-order valence-electron chi connectivity index (χ0n) is 15.2. The van der Waals surface area contributed by atoms with Crippen LogP contribution in [0.3, 0.4) is 0 Å². The van der Waals surface area contributed by atoms with Crippen LogP contribution in [0.5, 0.6) is 11.5 Å². The number of benzene rings is 2. The summed E-state index contributed by atoms with van der Waals surface area (Å²) in [6, 6.07) is 10.7. The number of carboxylic acid groups (broad SMARTS) is 1. The zero-order chi connectivity index (χ0) is 20.5. The van der Waals surface area contributed by atoms with Crippen LogP contribution in [-0.4, -0.2) is 33.7 Å². The first kappa shape index (κ1) is 19.2. The van der Waals surface area contributed by atoms with Crippen molar-refractivity contribution in [1.29, 1.82) is 0 Å². The molecule has 2 aromatic heterocycles. The molecule has 0 unspecified atom stereocenters. The van der Waals surface area contributed by atoms with E-state index in [9.17, 15) is 9.59 Å². The SMILES string of the molecule is CCOc1cc(/C=c2\sc3nc4ccccc4n3c2=O)cc(Cl)c1OCC(=O)O. The van der Waals surface area contributed by atoms with Gasteiger partial charge >= 0.3 is 5.97 Å². The molecule has 148 valence electrons. The number of fused-ring (bicyclic) bond motifs is 3. The number of hydrogen-bond donors (Lipinski definition) is 1. The fourth-order valence-corrected chi connectivity index (χ4v) is 4.23. The number of nitrogens with zero attached hydrogens (tertiary/aromatic N) is 2. The maximum absolute atomic E-state index is 12.9. The summed E-state index contributed by atoms with van der Waals surface area (Å²) in [4.78, 5) is 28.8. The molecule has 0 fully saturated rings. The van der Waals surface area contributed by atoms with Gasteiger partial charge in [0, 0.05) is 0 Å². The lowest BCUT2D eigenvalue weighted by atomic mass is 10.2. The summed E-state index contributed by atoms with van der Waals surface area (Å²) in [5.41, 5.74) is 1.99. The Bertz CT molecular complexity index is 1340. The standard InChI is InChI=1S/C20H15ClN2O5S/c1-2-27-15-8-11(7-12(21)18(15)28-10-17(24)25)9-16-19(26)23-14-6-4-3-5-13(14)22-20(23)29-16/h3-9H,2,10H2,1H3,(H,24,25)/b16-9-. The number of aliphatic carboxylic acids is 1. The Kier molecular flexibility index (Phi) is 5.12. The molecule has 2 aromatic carbocycles. The Morgan fingerprint density at radius 1 is 1.31 bits per heavy atom. The molecular formula is C20H15ClN2O5S. The van der Waals surface area contributed by atoms with E-state index in [0.29, 0.717) is 27.4 Å². The lowest BCUT2D eigenvalue weighted by molar-refractivity contribution is -0.139. The zero-order valence-corrected chi connectivity index (χ0v) is 16.8. The minimum Gasteiger partial charge on any atom is -0.490 e. The van der Waals surface area contributed by atoms with E-state index in [-0.39, 0.29) is 16.3 Å². The monoisotopic (exact) mass is 430 g/mol. The molecule has 1 N–H and O–H groups in total. The number of ether oxygens (including phenoxy) is 2. The number of carbonyl (C=O) groups is 1. The van der Waals surface area contributed by atoms with E-state index in [1.807, 2.05) is 24.3 Å². The lowest BCUT2D eigenvalue weighted by Gasteiger charge is -2.13. The summed E-state index contributed by atoms with van der Waals surface area (Å²) in [5, 5.41) is 9.03. The minimum absolute atomic E-state index is 0.155. The molecule has 4 aromatic rings. The highest BCUT2D eigenvalue weighted by atomic mass is 35.5. The number of carboxylic acids is 1. The lowest BCUT2D eigenvalue weighted by Crippen LogP contribution is -2.22. The van der Waals surface area contributed by atoms with E-state index in [2.05, 4.69) is 4.98 Å². The van der Waals surface area contributed by atoms with Crippen molar-refractivity contribution in [3.8, 4) is 11.5 Å². The second kappa shape index (κ2) is 7.73. The molecule has 4 rings (SSSR count). The fraction of sp³-hybridized carbons (Fsp3) is 0.150. The van der Waals surface area contributed by atoms with Crippen LogP contribution in [0.2, 0.25) is 5.02 Å². The number of aromatic nitrogens is 2. The van der Waals surface area contributed by atoms with Crippen LogP contribution in [0, 0.1) is 0 Å². The number of para-hydroxylation sites is 2. The number of imidazole rings is 1. The maximum Gasteiger partial charge on any atom is 0.341 e. The third-order valence-corrected chi connectivity index (χ3v) is 5.36. The first-order valence-electron chi connectivity index (χ1n) is 8.70. The largest absolute Gasteiger partial charge is 0.490 e. The van der Waals surface area contributed by atoms with Gasteiger partial charge in [0.15, 0.2) is 23.1 Å². The van der Waals surface area contributed by atoms with Crippen LogP contribution >= 0.6 is 22.9 Å². The van der Waals surface area contributed by atoms with Gasteiger partial charge in [-0.2, -0.15) is 0 Å². The number of thiazole rings is 1. The highest BCUT2D eigenvalue weighted by molar-refractivity contribution is 7.15. The summed E-state index contributed by atoms with van der Waals surface area (Å²) in [6.07, 6.45) is 1.70. The molecule has 0 spiro atoms. The van der Waals surface area contributed by atoms with Gasteiger partial charge in [0.25, 0.3) is 5.56 Å². The van der Waals surface area contributed by atoms with Gasteiger partial charge < -0.3 is 14.6 Å². The molecule has 0 amide bonds. The predicted octanol–water partition coefficient (Wildman–Crippen LogP) is 2.97. The van der Waals surface area contributed by atoms with Gasteiger partial charge in [-0.3, -0.25) is 4.79 Å². The maximum atomic E-state index is 12.9. The number of halogens is 1. The fourth-order valence-electron chi connectivity index (χ4n) is 2.97. The Balaban J connectivity index is 1.82. The molecule has 0 saturated heterocycles. The van der Waals surface area contributed by atoms with Crippen LogP contribution in [0.4, 0.5) is 0 Å². The first-order valence-corrected chi connectivity index (χ1v) is 9.90. The van der Waals surface area contributed by atoms with E-state index in [1.54, 1.807) is 29.5 Å². The van der Waals surface area contributed by atoms with Crippen LogP contribution in [0.25, 0.3) is 22.1 Å². The number of rotatable bonds is 6. The van der Waals surface area contributed by atoms with Crippen molar-refractivity contribution in [3.63, 3.8) is 0 Å². The van der Waals surface area contributed by atoms with Crippen molar-refractivity contribution in [1.82, 2.24) is 9.38 Å². The van der Waals surface area contributed by atoms with Crippen LogP contribution in [0.1, 0.15) is 12.5 Å². The van der Waals surface area contributed by atoms with Crippen molar-refractivity contribution in [3.05, 3.63) is 61.9 Å². The molecule has 7 nitrogen and oxygen atoms in total. The topological polar surface area (TPSA) is 90.1 Å². The molecule has 0 bridgehead atoms. The smallest absolute Gasteiger partial charge is 0.341 e. The molecule has 0 aliphatic heterocycles. The third-order valence-electron chi connectivity index (χ3n) is 4.11. The summed E-state index contributed by atoms with van der Waals surface area (Å²) in [6.45, 7) is 1.60. The third kappa shape index (κ3) is 3.64. The van der Waals surface area contributed by atoms with Crippen LogP contribution in [0.15, 0.2) is 41.2 Å². The minimum atomic E-state index is -1.12. The Hall–Kier alpha value is -3.10. The molecule has 0 saturated carbocycles. The molecule has 29 heavy (non-hydrogen) atoms. The van der Waals surface area contributed by atoms with Gasteiger partial charge in [0.2, 0.25) is 0 Å². The van der Waals surface area contributed by atoms with Crippen LogP contribution in [-0.2, 0) is 4.79 Å². The molecule has 0 aliphatic carbocycles. The summed E-state index contributed by atoms with van der Waals surface area (Å²) < 4.78 is 12.9. The molecule has 9 heteroatoms. The highest BCUT2D eigenvalue weighted by Gasteiger charge is 2.15. The van der Waals surface area contributed by atoms with E-state index in [4.69, 9.17) is 26.2 Å². The average molecular weight is 431 g/mol. The van der Waals surface area contributed by atoms with Gasteiger partial charge in [-0.15, -0.1) is 0 Å². The number of hydrogen-bond acceptors (Lipinski definition) is 6. The summed E-state index contributed by atoms with van der Waals surface area (Å²) in [5.74, 6) is -0.654. The molecule has 2 heterocycles. The summed E-state index contributed by atoms with van der Waals surface area (Å²) in [7, 11) is 0. The second-order valence-electron chi connectivity index (χ2n) is 6.08. The normalized spacial score (nSPS) is 12.0. The second-order valence-corrected chi connectivity index (χ2v) is 7.50. The first-order chi connectivity index (χ1) is 14.0. The quantitative estimate of drug-likeness (QED) is 0.505. The Morgan fingerprint density at radius 2 is 2.10 bits per heavy atom. The van der Waals surface area contributed by atoms with Gasteiger partial charge in [0.05, 0.1) is 27.2 Å². The van der Waals surface area contributed by atoms with E-state index < -0.39 is 12.6 Å². The van der Waals surface area contributed by atoms with Gasteiger partial charge in [0.1, 0.15) is 0 Å². The molecule has 0 atom stereocenters. The van der Waals surface area contributed by atoms with E-state index >= 15 is 0 Å². The molecule has 0 aliphatic rings. The summed E-state index contributed by atoms with van der Waals surface area (Å²) >= 11 is 7.56. The van der Waals surface area contributed by atoms with E-state index in [1.165, 1.54) is 11.3 Å². The van der Waals surface area contributed by atoms with Crippen molar-refractivity contribution in [2.45, 2.75) is 6.92 Å². The Morgan fingerprint density at radius 3 is 2.86 bits per heavy atom. The predicted molar refractivity (Wildman–Crippen MR) is 111 cm³/mol. The van der Waals surface area contributed by atoms with Crippen molar-refractivity contribution >= 4 is 51.0 Å². The van der Waals surface area contributed by atoms with Crippen molar-refractivity contribution < 1.29 is 19.4 Å². The van der Waals surface area contributed by atoms with E-state index in [0.717, 1.165) is 11.0 Å². The van der Waals surface area contributed by atoms with Gasteiger partial charge in [-0.05, 0) is 42.8 Å². The van der Waals surface area contributed by atoms with Gasteiger partial charge in [-0.1, -0.05) is 35.1 Å². The van der Waals surface area contributed by atoms with Gasteiger partial charge in [-0.25, -0.2) is 14.2 Å².